The minimum absolute atomic E-state index is 0.0195. The molecule has 2 N–H and O–H groups in total. The summed E-state index contributed by atoms with van der Waals surface area (Å²) in [7, 11) is 0. The van der Waals surface area contributed by atoms with Gasteiger partial charge in [-0.05, 0) is 32.4 Å². The van der Waals surface area contributed by atoms with Crippen LogP contribution in [0, 0.1) is 10.1 Å². The van der Waals surface area contributed by atoms with E-state index in [9.17, 15) is 14.9 Å². The SMILES string of the molecule is CC(C)(CCC(=O)O)Nc1cc(Cl)ccc1[N+](=O)[O-]. The number of nitrogens with zero attached hydrogens (tertiary/aromatic N) is 1. The number of benzene rings is 1. The minimum Gasteiger partial charge on any atom is -0.481 e. The fraction of sp³-hybridized carbons (Fsp3) is 0.417. The van der Waals surface area contributed by atoms with Crippen molar-refractivity contribution in [2.75, 3.05) is 5.32 Å². The number of nitro groups is 1. The summed E-state index contributed by atoms with van der Waals surface area (Å²) >= 11 is 5.82. The first-order valence-corrected chi connectivity index (χ1v) is 6.03. The maximum atomic E-state index is 10.9. The van der Waals surface area contributed by atoms with Gasteiger partial charge in [-0.25, -0.2) is 0 Å². The largest absolute Gasteiger partial charge is 0.481 e. The van der Waals surface area contributed by atoms with Gasteiger partial charge in [0.1, 0.15) is 5.69 Å². The van der Waals surface area contributed by atoms with Crippen LogP contribution in [0.5, 0.6) is 0 Å². The third kappa shape index (κ3) is 4.75. The van der Waals surface area contributed by atoms with Gasteiger partial charge >= 0.3 is 5.97 Å². The quantitative estimate of drug-likeness (QED) is 0.618. The maximum absolute atomic E-state index is 10.9. The predicted molar refractivity (Wildman–Crippen MR) is 72.7 cm³/mol. The Morgan fingerprint density at radius 1 is 1.53 bits per heavy atom. The smallest absolute Gasteiger partial charge is 0.303 e. The summed E-state index contributed by atoms with van der Waals surface area (Å²) in [6.07, 6.45) is 0.320. The van der Waals surface area contributed by atoms with Crippen LogP contribution in [0.4, 0.5) is 11.4 Å². The highest BCUT2D eigenvalue weighted by Gasteiger charge is 2.23. The molecule has 0 aliphatic rings. The van der Waals surface area contributed by atoms with Crippen LogP contribution in [-0.4, -0.2) is 21.5 Å². The molecule has 0 atom stereocenters. The van der Waals surface area contributed by atoms with E-state index in [1.807, 2.05) is 0 Å². The Morgan fingerprint density at radius 2 is 2.16 bits per heavy atom. The van der Waals surface area contributed by atoms with Crippen LogP contribution in [0.3, 0.4) is 0 Å². The third-order valence-corrected chi connectivity index (χ3v) is 2.83. The van der Waals surface area contributed by atoms with E-state index in [1.54, 1.807) is 13.8 Å². The highest BCUT2D eigenvalue weighted by molar-refractivity contribution is 6.31. The molecule has 1 rings (SSSR count). The van der Waals surface area contributed by atoms with E-state index in [4.69, 9.17) is 16.7 Å². The summed E-state index contributed by atoms with van der Waals surface area (Å²) in [5.74, 6) is -0.907. The fourth-order valence-corrected chi connectivity index (χ4v) is 1.79. The lowest BCUT2D eigenvalue weighted by molar-refractivity contribution is -0.384. The molecule has 104 valence electrons. The molecule has 0 spiro atoms. The Morgan fingerprint density at radius 3 is 2.68 bits per heavy atom. The van der Waals surface area contributed by atoms with E-state index in [0.29, 0.717) is 11.4 Å². The molecule has 0 bridgehead atoms. The van der Waals surface area contributed by atoms with Crippen molar-refractivity contribution < 1.29 is 14.8 Å². The van der Waals surface area contributed by atoms with Crippen LogP contribution in [0.1, 0.15) is 26.7 Å². The summed E-state index contributed by atoms with van der Waals surface area (Å²) in [6.45, 7) is 3.56. The lowest BCUT2D eigenvalue weighted by atomic mass is 9.97. The van der Waals surface area contributed by atoms with E-state index in [-0.39, 0.29) is 17.8 Å². The molecule has 0 aliphatic carbocycles. The van der Waals surface area contributed by atoms with Gasteiger partial charge in [-0.15, -0.1) is 0 Å². The summed E-state index contributed by atoms with van der Waals surface area (Å²) in [5.41, 5.74) is -0.394. The summed E-state index contributed by atoms with van der Waals surface area (Å²) in [5, 5.41) is 22.9. The van der Waals surface area contributed by atoms with Crippen molar-refractivity contribution in [1.82, 2.24) is 0 Å². The number of carbonyl (C=O) groups is 1. The monoisotopic (exact) mass is 286 g/mol. The van der Waals surface area contributed by atoms with Gasteiger partial charge in [-0.1, -0.05) is 11.6 Å². The van der Waals surface area contributed by atoms with Crippen LogP contribution in [0.25, 0.3) is 0 Å². The van der Waals surface area contributed by atoms with E-state index in [2.05, 4.69) is 5.32 Å². The molecule has 0 aromatic heterocycles. The van der Waals surface area contributed by atoms with Gasteiger partial charge in [0.2, 0.25) is 0 Å². The van der Waals surface area contributed by atoms with Gasteiger partial charge in [0, 0.05) is 23.0 Å². The molecule has 1 aromatic carbocycles. The predicted octanol–water partition coefficient (Wildman–Crippen LogP) is 3.30. The average molecular weight is 287 g/mol. The molecule has 0 fully saturated rings. The summed E-state index contributed by atoms with van der Waals surface area (Å²) in [6, 6.07) is 4.22. The number of carboxylic acids is 1. The molecule has 0 amide bonds. The number of carboxylic acid groups (broad SMARTS) is 1. The molecule has 19 heavy (non-hydrogen) atoms. The first kappa shape index (κ1) is 15.2. The second-order valence-corrected chi connectivity index (χ2v) is 5.26. The number of aliphatic carboxylic acids is 1. The molecule has 0 aliphatic heterocycles. The van der Waals surface area contributed by atoms with Crippen molar-refractivity contribution in [2.45, 2.75) is 32.2 Å². The van der Waals surface area contributed by atoms with Crippen LogP contribution in [0.2, 0.25) is 5.02 Å². The zero-order valence-electron chi connectivity index (χ0n) is 10.6. The number of anilines is 1. The number of nitro benzene ring substituents is 1. The second-order valence-electron chi connectivity index (χ2n) is 4.82. The molecule has 7 heteroatoms. The van der Waals surface area contributed by atoms with Gasteiger partial charge in [0.15, 0.2) is 0 Å². The van der Waals surface area contributed by atoms with Gasteiger partial charge < -0.3 is 10.4 Å². The molecule has 0 radical (unpaired) electrons. The normalized spacial score (nSPS) is 11.1. The molecule has 6 nitrogen and oxygen atoms in total. The van der Waals surface area contributed by atoms with Crippen molar-refractivity contribution in [2.24, 2.45) is 0 Å². The van der Waals surface area contributed by atoms with Gasteiger partial charge in [-0.2, -0.15) is 0 Å². The zero-order valence-corrected chi connectivity index (χ0v) is 11.4. The topological polar surface area (TPSA) is 92.5 Å². The first-order valence-electron chi connectivity index (χ1n) is 5.65. The number of hydrogen-bond acceptors (Lipinski definition) is 4. The van der Waals surface area contributed by atoms with Gasteiger partial charge in [-0.3, -0.25) is 14.9 Å². The van der Waals surface area contributed by atoms with Crippen LogP contribution < -0.4 is 5.32 Å². The minimum atomic E-state index is -0.907. The molecule has 0 heterocycles. The van der Waals surface area contributed by atoms with Crippen molar-refractivity contribution in [3.63, 3.8) is 0 Å². The number of halogens is 1. The Labute approximate surface area is 115 Å². The standard InChI is InChI=1S/C12H15ClN2O4/c1-12(2,6-5-11(16)17)14-9-7-8(13)3-4-10(9)15(18)19/h3-4,7,14H,5-6H2,1-2H3,(H,16,17). The molecule has 0 unspecified atom stereocenters. The second kappa shape index (κ2) is 5.88. The van der Waals surface area contributed by atoms with Crippen LogP contribution in [0.15, 0.2) is 18.2 Å². The van der Waals surface area contributed by atoms with E-state index < -0.39 is 16.4 Å². The Bertz CT molecular complexity index is 503. The molecule has 0 saturated carbocycles. The zero-order chi connectivity index (χ0) is 14.6. The first-order chi connectivity index (χ1) is 8.71. The Kier molecular flexibility index (Phi) is 4.72. The van der Waals surface area contributed by atoms with Crippen molar-refractivity contribution in [1.29, 1.82) is 0 Å². The van der Waals surface area contributed by atoms with Crippen LogP contribution >= 0.6 is 11.6 Å². The van der Waals surface area contributed by atoms with E-state index >= 15 is 0 Å². The van der Waals surface area contributed by atoms with Gasteiger partial charge in [0.05, 0.1) is 4.92 Å². The number of nitrogens with one attached hydrogen (secondary N) is 1. The number of hydrogen-bond donors (Lipinski definition) is 2. The lowest BCUT2D eigenvalue weighted by Crippen LogP contribution is -2.31. The Hall–Kier alpha value is -1.82. The highest BCUT2D eigenvalue weighted by atomic mass is 35.5. The van der Waals surface area contributed by atoms with E-state index in [0.717, 1.165) is 0 Å². The molecule has 0 saturated heterocycles. The molecule has 1 aromatic rings. The van der Waals surface area contributed by atoms with Crippen molar-refractivity contribution in [3.8, 4) is 0 Å². The maximum Gasteiger partial charge on any atom is 0.303 e. The third-order valence-electron chi connectivity index (χ3n) is 2.59. The molecular formula is C12H15ClN2O4. The Balaban J connectivity index is 2.94. The average Bonchev–Trinajstić information content (AvgIpc) is 2.25. The number of rotatable bonds is 6. The highest BCUT2D eigenvalue weighted by Crippen LogP contribution is 2.31. The van der Waals surface area contributed by atoms with Crippen molar-refractivity contribution in [3.05, 3.63) is 33.3 Å². The van der Waals surface area contributed by atoms with E-state index in [1.165, 1.54) is 18.2 Å². The molecular weight excluding hydrogens is 272 g/mol. The summed E-state index contributed by atoms with van der Waals surface area (Å²) in [4.78, 5) is 21.0. The van der Waals surface area contributed by atoms with Crippen LogP contribution in [-0.2, 0) is 4.79 Å². The van der Waals surface area contributed by atoms with Crippen molar-refractivity contribution >= 4 is 28.9 Å². The fourth-order valence-electron chi connectivity index (χ4n) is 1.61. The lowest BCUT2D eigenvalue weighted by Gasteiger charge is -2.26. The summed E-state index contributed by atoms with van der Waals surface area (Å²) < 4.78 is 0. The van der Waals surface area contributed by atoms with Gasteiger partial charge in [0.25, 0.3) is 5.69 Å².